The molecule has 0 aliphatic carbocycles. The Morgan fingerprint density at radius 1 is 1.11 bits per heavy atom. The summed E-state index contributed by atoms with van der Waals surface area (Å²) in [7, 11) is 0. The summed E-state index contributed by atoms with van der Waals surface area (Å²) in [5.74, 6) is -1.33. The topological polar surface area (TPSA) is 78.6 Å². The van der Waals surface area contributed by atoms with Gasteiger partial charge in [0.15, 0.2) is 0 Å². The molecule has 0 radical (unpaired) electrons. The number of esters is 2. The van der Waals surface area contributed by atoms with Crippen molar-refractivity contribution in [3.63, 3.8) is 0 Å². The van der Waals surface area contributed by atoms with Gasteiger partial charge in [-0.2, -0.15) is 0 Å². The Labute approximate surface area is 109 Å². The van der Waals surface area contributed by atoms with Gasteiger partial charge in [0.1, 0.15) is 0 Å². The van der Waals surface area contributed by atoms with Gasteiger partial charge in [-0.1, -0.05) is 39.8 Å². The maximum absolute atomic E-state index is 10.8. The highest BCUT2D eigenvalue weighted by Gasteiger charge is 2.14. The molecule has 2 N–H and O–H groups in total. The van der Waals surface area contributed by atoms with Crippen molar-refractivity contribution in [3.8, 4) is 0 Å². The third-order valence-corrected chi connectivity index (χ3v) is 1.73. The van der Waals surface area contributed by atoms with Crippen LogP contribution in [0, 0.1) is 0 Å². The third-order valence-electron chi connectivity index (χ3n) is 1.73. The van der Waals surface area contributed by atoms with Crippen LogP contribution in [0.1, 0.15) is 33.1 Å². The van der Waals surface area contributed by atoms with Crippen LogP contribution in [0.3, 0.4) is 0 Å². The lowest BCUT2D eigenvalue weighted by Crippen LogP contribution is -2.25. The van der Waals surface area contributed by atoms with Gasteiger partial charge in [-0.15, -0.1) is 0 Å². The third kappa shape index (κ3) is 12.4. The molecule has 0 aliphatic rings. The van der Waals surface area contributed by atoms with E-state index in [1.165, 1.54) is 12.8 Å². The van der Waals surface area contributed by atoms with Crippen molar-refractivity contribution in [3.05, 3.63) is 25.3 Å². The average molecular weight is 257 g/mol. The average Bonchev–Trinajstić information content (AvgIpc) is 2.38. The predicted octanol–water partition coefficient (Wildman–Crippen LogP) is 1.93. The number of nitrogens with two attached hydrogens (primary N) is 1. The van der Waals surface area contributed by atoms with Gasteiger partial charge in [0.25, 0.3) is 0 Å². The zero-order chi connectivity index (χ0) is 14.4. The summed E-state index contributed by atoms with van der Waals surface area (Å²) >= 11 is 0. The van der Waals surface area contributed by atoms with Crippen LogP contribution in [-0.2, 0) is 19.1 Å². The number of rotatable bonds is 7. The van der Waals surface area contributed by atoms with Crippen LogP contribution in [0.5, 0.6) is 0 Å². The molecule has 5 nitrogen and oxygen atoms in total. The van der Waals surface area contributed by atoms with E-state index in [0.717, 1.165) is 12.2 Å². The van der Waals surface area contributed by atoms with Gasteiger partial charge in [0, 0.05) is 18.6 Å². The number of hydrogen-bond donors (Lipinski definition) is 1. The fraction of sp³-hybridized carbons (Fsp3) is 0.538. The monoisotopic (exact) mass is 257 g/mol. The quantitative estimate of drug-likeness (QED) is 0.428. The molecule has 0 aliphatic heterocycles. The first-order valence-corrected chi connectivity index (χ1v) is 5.91. The Morgan fingerprint density at radius 2 is 1.50 bits per heavy atom. The molecule has 18 heavy (non-hydrogen) atoms. The first-order valence-electron chi connectivity index (χ1n) is 5.91. The molecule has 104 valence electrons. The summed E-state index contributed by atoms with van der Waals surface area (Å²) < 4.78 is 9.37. The molecule has 0 fully saturated rings. The Kier molecular flexibility index (Phi) is 14.0. The van der Waals surface area contributed by atoms with Crippen LogP contribution in [0.2, 0.25) is 0 Å². The van der Waals surface area contributed by atoms with E-state index in [1.807, 2.05) is 0 Å². The fourth-order valence-corrected chi connectivity index (χ4v) is 0.633. The van der Waals surface area contributed by atoms with E-state index in [4.69, 9.17) is 5.73 Å². The van der Waals surface area contributed by atoms with Gasteiger partial charge in [-0.25, -0.2) is 9.59 Å². The van der Waals surface area contributed by atoms with Crippen molar-refractivity contribution >= 4 is 11.9 Å². The van der Waals surface area contributed by atoms with E-state index in [-0.39, 0.29) is 13.0 Å². The smallest absolute Gasteiger partial charge is 0.333 e. The number of carbonyl (C=O) groups excluding carboxylic acids is 2. The normalized spacial score (nSPS) is 8.89. The summed E-state index contributed by atoms with van der Waals surface area (Å²) in [4.78, 5) is 21.5. The minimum atomic E-state index is -0.976. The summed E-state index contributed by atoms with van der Waals surface area (Å²) in [5, 5.41) is 0. The molecule has 0 bridgehead atoms. The maximum Gasteiger partial charge on any atom is 0.333 e. The Morgan fingerprint density at radius 3 is 1.72 bits per heavy atom. The molecule has 0 aromatic heterocycles. The summed E-state index contributed by atoms with van der Waals surface area (Å²) in [6, 6.07) is 0. The van der Waals surface area contributed by atoms with Crippen LogP contribution < -0.4 is 5.73 Å². The standard InChI is InChI=1S/C9H13NO4.C4H10/c1-3-7(11)13-9(5-6-10)14-8(12)4-2;1-3-4-2/h3-4,9H,1-2,5-6,10H2;3-4H2,1-2H3. The van der Waals surface area contributed by atoms with Gasteiger partial charge in [0.2, 0.25) is 6.29 Å². The molecule has 0 atom stereocenters. The molecule has 0 rings (SSSR count). The van der Waals surface area contributed by atoms with Crippen LogP contribution in [0.15, 0.2) is 25.3 Å². The molecule has 0 amide bonds. The molecule has 0 heterocycles. The molecule has 0 saturated carbocycles. The Bertz CT molecular complexity index is 240. The second kappa shape index (κ2) is 13.4. The van der Waals surface area contributed by atoms with Crippen molar-refractivity contribution in [2.45, 2.75) is 39.4 Å². The van der Waals surface area contributed by atoms with Gasteiger partial charge in [0.05, 0.1) is 0 Å². The van der Waals surface area contributed by atoms with Crippen LogP contribution in [0.4, 0.5) is 0 Å². The van der Waals surface area contributed by atoms with Crippen molar-refractivity contribution in [1.82, 2.24) is 0 Å². The molecule has 5 heteroatoms. The minimum absolute atomic E-state index is 0.235. The number of unbranched alkanes of at least 4 members (excludes halogenated alkanes) is 1. The van der Waals surface area contributed by atoms with E-state index < -0.39 is 18.2 Å². The highest BCUT2D eigenvalue weighted by Crippen LogP contribution is 2.01. The molecule has 0 aromatic carbocycles. The largest absolute Gasteiger partial charge is 0.422 e. The molecule has 0 saturated heterocycles. The van der Waals surface area contributed by atoms with E-state index in [2.05, 4.69) is 36.5 Å². The first kappa shape index (κ1) is 18.7. The highest BCUT2D eigenvalue weighted by molar-refractivity contribution is 5.82. The van der Waals surface area contributed by atoms with Crippen molar-refractivity contribution < 1.29 is 19.1 Å². The van der Waals surface area contributed by atoms with Crippen molar-refractivity contribution in [2.75, 3.05) is 6.54 Å². The SMILES string of the molecule is C=CC(=O)OC(CCN)OC(=O)C=C.CCCC. The van der Waals surface area contributed by atoms with Crippen molar-refractivity contribution in [2.24, 2.45) is 5.73 Å². The van der Waals surface area contributed by atoms with Gasteiger partial charge < -0.3 is 15.2 Å². The van der Waals surface area contributed by atoms with Gasteiger partial charge >= 0.3 is 11.9 Å². The first-order chi connectivity index (χ1) is 8.55. The zero-order valence-corrected chi connectivity index (χ0v) is 11.2. The second-order valence-corrected chi connectivity index (χ2v) is 3.29. The summed E-state index contributed by atoms with van der Waals surface area (Å²) in [5.41, 5.74) is 5.23. The van der Waals surface area contributed by atoms with E-state index in [1.54, 1.807) is 0 Å². The lowest BCUT2D eigenvalue weighted by Gasteiger charge is -2.15. The molecule has 0 aromatic rings. The van der Waals surface area contributed by atoms with Crippen molar-refractivity contribution in [1.29, 1.82) is 0 Å². The molecule has 0 unspecified atom stereocenters. The Balaban J connectivity index is 0. The molecular formula is C13H23NO4. The summed E-state index contributed by atoms with van der Waals surface area (Å²) in [6.07, 6.45) is 3.85. The highest BCUT2D eigenvalue weighted by atomic mass is 16.7. The van der Waals surface area contributed by atoms with E-state index >= 15 is 0 Å². The lowest BCUT2D eigenvalue weighted by atomic mass is 10.4. The number of ether oxygens (including phenoxy) is 2. The minimum Gasteiger partial charge on any atom is -0.422 e. The van der Waals surface area contributed by atoms with E-state index in [0.29, 0.717) is 0 Å². The van der Waals surface area contributed by atoms with Gasteiger partial charge in [-0.3, -0.25) is 0 Å². The molecule has 0 spiro atoms. The van der Waals surface area contributed by atoms with Crippen LogP contribution >= 0.6 is 0 Å². The number of carbonyl (C=O) groups is 2. The second-order valence-electron chi connectivity index (χ2n) is 3.29. The lowest BCUT2D eigenvalue weighted by molar-refractivity contribution is -0.181. The predicted molar refractivity (Wildman–Crippen MR) is 70.6 cm³/mol. The zero-order valence-electron chi connectivity index (χ0n) is 11.2. The van der Waals surface area contributed by atoms with Crippen LogP contribution in [-0.4, -0.2) is 24.8 Å². The maximum atomic E-state index is 10.8. The molecular weight excluding hydrogens is 234 g/mol. The van der Waals surface area contributed by atoms with Gasteiger partial charge in [-0.05, 0) is 6.54 Å². The fourth-order valence-electron chi connectivity index (χ4n) is 0.633. The number of hydrogen-bond acceptors (Lipinski definition) is 5. The van der Waals surface area contributed by atoms with Crippen LogP contribution in [0.25, 0.3) is 0 Å². The summed E-state index contributed by atoms with van der Waals surface area (Å²) in [6.45, 7) is 11.0. The Hall–Kier alpha value is -1.62. The van der Waals surface area contributed by atoms with E-state index in [9.17, 15) is 9.59 Å².